The normalized spacial score (nSPS) is 16.5. The predicted octanol–water partition coefficient (Wildman–Crippen LogP) is 4.81. The molecule has 4 rings (SSSR count). The van der Waals surface area contributed by atoms with Crippen molar-refractivity contribution in [3.63, 3.8) is 0 Å². The van der Waals surface area contributed by atoms with Crippen LogP contribution >= 0.6 is 11.6 Å². The van der Waals surface area contributed by atoms with Gasteiger partial charge in [0.1, 0.15) is 5.82 Å². The number of pyridine rings is 1. The van der Waals surface area contributed by atoms with E-state index in [2.05, 4.69) is 4.98 Å². The van der Waals surface area contributed by atoms with Crippen LogP contribution in [0.2, 0.25) is 5.02 Å². The van der Waals surface area contributed by atoms with Crippen LogP contribution in [0, 0.1) is 0 Å². The van der Waals surface area contributed by atoms with Gasteiger partial charge in [0, 0.05) is 32.4 Å². The smallest absolute Gasteiger partial charge is 0.354 e. The Bertz CT molecular complexity index is 1220. The van der Waals surface area contributed by atoms with Crippen LogP contribution in [0.1, 0.15) is 12.0 Å². The summed E-state index contributed by atoms with van der Waals surface area (Å²) in [6.07, 6.45) is -3.29. The summed E-state index contributed by atoms with van der Waals surface area (Å²) in [5, 5.41) is 1.67. The van der Waals surface area contributed by atoms with Gasteiger partial charge in [-0.2, -0.15) is 17.5 Å². The van der Waals surface area contributed by atoms with Crippen molar-refractivity contribution in [3.05, 3.63) is 65.3 Å². The molecule has 0 saturated carbocycles. The molecule has 0 unspecified atom stereocenters. The van der Waals surface area contributed by atoms with E-state index in [9.17, 15) is 21.6 Å². The van der Waals surface area contributed by atoms with Crippen LogP contribution in [0.5, 0.6) is 0 Å². The minimum absolute atomic E-state index is 0.110. The molecule has 0 atom stereocenters. The molecule has 1 saturated heterocycles. The summed E-state index contributed by atoms with van der Waals surface area (Å²) in [7, 11) is -3.71. The van der Waals surface area contributed by atoms with Gasteiger partial charge in [-0.15, -0.1) is 0 Å². The third-order valence-corrected chi connectivity index (χ3v) is 7.43. The highest BCUT2D eigenvalue weighted by Gasteiger charge is 2.33. The maximum absolute atomic E-state index is 13.2. The van der Waals surface area contributed by atoms with Crippen molar-refractivity contribution < 1.29 is 21.6 Å². The first-order valence-electron chi connectivity index (χ1n) is 9.63. The van der Waals surface area contributed by atoms with Crippen molar-refractivity contribution >= 4 is 38.2 Å². The van der Waals surface area contributed by atoms with E-state index in [0.717, 1.165) is 23.0 Å². The standard InChI is InChI=1S/C21H19ClF3N3O2S/c22-19-13-17(21(23,24)25)14-26-20(19)27-8-3-9-28(11-10-27)31(29,30)18-7-6-15-4-1-2-5-16(15)12-18/h1-2,4-7,12-14H,3,8-11H2. The van der Waals surface area contributed by atoms with Gasteiger partial charge in [0.25, 0.3) is 0 Å². The molecule has 164 valence electrons. The van der Waals surface area contributed by atoms with Crippen LogP contribution in [-0.4, -0.2) is 43.9 Å². The molecule has 1 aromatic heterocycles. The van der Waals surface area contributed by atoms with Crippen molar-refractivity contribution in [3.8, 4) is 0 Å². The number of fused-ring (bicyclic) bond motifs is 1. The van der Waals surface area contributed by atoms with Gasteiger partial charge in [-0.25, -0.2) is 13.4 Å². The van der Waals surface area contributed by atoms with E-state index < -0.39 is 21.8 Å². The second kappa shape index (κ2) is 8.29. The minimum Gasteiger partial charge on any atom is -0.354 e. The van der Waals surface area contributed by atoms with Crippen molar-refractivity contribution in [2.45, 2.75) is 17.5 Å². The molecule has 1 fully saturated rings. The number of nitrogens with zero attached hydrogens (tertiary/aromatic N) is 3. The third-order valence-electron chi connectivity index (χ3n) is 5.26. The van der Waals surface area contributed by atoms with Gasteiger partial charge in [-0.05, 0) is 35.4 Å². The number of sulfonamides is 1. The molecule has 1 aliphatic rings. The average Bonchev–Trinajstić information content (AvgIpc) is 2.99. The Morgan fingerprint density at radius 3 is 2.39 bits per heavy atom. The fourth-order valence-electron chi connectivity index (χ4n) is 3.64. The molecule has 1 aliphatic heterocycles. The quantitative estimate of drug-likeness (QED) is 0.552. The predicted molar refractivity (Wildman–Crippen MR) is 114 cm³/mol. The van der Waals surface area contributed by atoms with Crippen molar-refractivity contribution in [2.75, 3.05) is 31.1 Å². The lowest BCUT2D eigenvalue weighted by Crippen LogP contribution is -2.35. The van der Waals surface area contributed by atoms with Crippen molar-refractivity contribution in [1.29, 1.82) is 0 Å². The minimum atomic E-state index is -4.53. The molecular formula is C21H19ClF3N3O2S. The lowest BCUT2D eigenvalue weighted by atomic mass is 10.1. The highest BCUT2D eigenvalue weighted by molar-refractivity contribution is 7.89. The lowest BCUT2D eigenvalue weighted by molar-refractivity contribution is -0.137. The van der Waals surface area contributed by atoms with Gasteiger partial charge >= 0.3 is 6.18 Å². The first kappa shape index (κ1) is 21.9. The molecule has 5 nitrogen and oxygen atoms in total. The third kappa shape index (κ3) is 4.49. The van der Waals surface area contributed by atoms with E-state index in [1.54, 1.807) is 23.1 Å². The average molecular weight is 470 g/mol. The van der Waals surface area contributed by atoms with Gasteiger partial charge in [0.2, 0.25) is 10.0 Å². The topological polar surface area (TPSA) is 53.5 Å². The molecule has 0 spiro atoms. The fourth-order valence-corrected chi connectivity index (χ4v) is 5.43. The Hall–Kier alpha value is -2.36. The van der Waals surface area contributed by atoms with Gasteiger partial charge in [0.15, 0.2) is 0 Å². The maximum Gasteiger partial charge on any atom is 0.417 e. The molecule has 10 heteroatoms. The molecule has 0 aliphatic carbocycles. The highest BCUT2D eigenvalue weighted by atomic mass is 35.5. The Morgan fingerprint density at radius 1 is 0.935 bits per heavy atom. The Balaban J connectivity index is 1.54. The Morgan fingerprint density at radius 2 is 1.68 bits per heavy atom. The first-order valence-corrected chi connectivity index (χ1v) is 11.4. The number of anilines is 1. The first-order chi connectivity index (χ1) is 14.7. The number of rotatable bonds is 3. The number of hydrogen-bond acceptors (Lipinski definition) is 4. The van der Waals surface area contributed by atoms with Crippen LogP contribution in [-0.2, 0) is 16.2 Å². The second-order valence-electron chi connectivity index (χ2n) is 7.28. The SMILES string of the molecule is O=S(=O)(c1ccc2ccccc2c1)N1CCCN(c2ncc(C(F)(F)F)cc2Cl)CC1. The Labute approximate surface area is 183 Å². The number of hydrogen-bond donors (Lipinski definition) is 0. The van der Waals surface area contributed by atoms with E-state index in [1.165, 1.54) is 4.31 Å². The fraction of sp³-hybridized carbons (Fsp3) is 0.286. The molecule has 0 N–H and O–H groups in total. The van der Waals surface area contributed by atoms with Crippen molar-refractivity contribution in [1.82, 2.24) is 9.29 Å². The van der Waals surface area contributed by atoms with Crippen LogP contribution in [0.4, 0.5) is 19.0 Å². The van der Waals surface area contributed by atoms with Gasteiger partial charge in [0.05, 0.1) is 15.5 Å². The molecule has 0 bridgehead atoms. The van der Waals surface area contributed by atoms with Crippen LogP contribution < -0.4 is 4.90 Å². The van der Waals surface area contributed by atoms with Crippen LogP contribution in [0.3, 0.4) is 0 Å². The van der Waals surface area contributed by atoms with Crippen LogP contribution in [0.15, 0.2) is 59.6 Å². The maximum atomic E-state index is 13.2. The van der Waals surface area contributed by atoms with Crippen molar-refractivity contribution in [2.24, 2.45) is 0 Å². The molecule has 31 heavy (non-hydrogen) atoms. The second-order valence-corrected chi connectivity index (χ2v) is 9.63. The number of aromatic nitrogens is 1. The van der Waals surface area contributed by atoms with E-state index >= 15 is 0 Å². The molecule has 0 radical (unpaired) electrons. The number of benzene rings is 2. The van der Waals surface area contributed by atoms with E-state index in [1.807, 2.05) is 24.3 Å². The summed E-state index contributed by atoms with van der Waals surface area (Å²) < 4.78 is 66.4. The summed E-state index contributed by atoms with van der Waals surface area (Å²) >= 11 is 6.06. The summed E-state index contributed by atoms with van der Waals surface area (Å²) in [5.74, 6) is 0.222. The molecule has 2 heterocycles. The van der Waals surface area contributed by atoms with Gasteiger partial charge in [-0.3, -0.25) is 0 Å². The number of alkyl halides is 3. The van der Waals surface area contributed by atoms with E-state index in [0.29, 0.717) is 19.5 Å². The zero-order valence-electron chi connectivity index (χ0n) is 16.3. The molecular weight excluding hydrogens is 451 g/mol. The number of halogens is 4. The summed E-state index contributed by atoms with van der Waals surface area (Å²) in [6.45, 7) is 1.17. The zero-order chi connectivity index (χ0) is 22.2. The summed E-state index contributed by atoms with van der Waals surface area (Å²) in [6, 6.07) is 13.4. The van der Waals surface area contributed by atoms with Crippen LogP contribution in [0.25, 0.3) is 10.8 Å². The van der Waals surface area contributed by atoms with Gasteiger partial charge < -0.3 is 4.90 Å². The van der Waals surface area contributed by atoms with Gasteiger partial charge in [-0.1, -0.05) is 41.9 Å². The zero-order valence-corrected chi connectivity index (χ0v) is 17.9. The molecule has 0 amide bonds. The summed E-state index contributed by atoms with van der Waals surface area (Å²) in [5.41, 5.74) is -0.920. The monoisotopic (exact) mass is 469 g/mol. The Kier molecular flexibility index (Phi) is 5.85. The molecule has 3 aromatic rings. The van der Waals surface area contributed by atoms with E-state index in [4.69, 9.17) is 11.6 Å². The summed E-state index contributed by atoms with van der Waals surface area (Å²) in [4.78, 5) is 5.83. The largest absolute Gasteiger partial charge is 0.417 e. The lowest BCUT2D eigenvalue weighted by Gasteiger charge is -2.24. The highest BCUT2D eigenvalue weighted by Crippen LogP contribution is 2.34. The molecule has 2 aromatic carbocycles. The van der Waals surface area contributed by atoms with E-state index in [-0.39, 0.29) is 28.8 Å².